The predicted molar refractivity (Wildman–Crippen MR) is 59.6 cm³/mol. The summed E-state index contributed by atoms with van der Waals surface area (Å²) in [7, 11) is 0. The molecule has 2 heterocycles. The Morgan fingerprint density at radius 3 is 2.79 bits per heavy atom. The molecule has 0 amide bonds. The smallest absolute Gasteiger partial charge is 0.0236 e. The largest absolute Gasteiger partial charge is 0.315 e. The molecule has 2 aliphatic rings. The first-order valence-electron chi connectivity index (χ1n) is 6.00. The molecule has 0 spiro atoms. The molecule has 1 N–H and O–H groups in total. The predicted octanol–water partition coefficient (Wildman–Crippen LogP) is 0.374. The lowest BCUT2D eigenvalue weighted by Crippen LogP contribution is -2.55. The topological polar surface area (TPSA) is 18.5 Å². The fourth-order valence-corrected chi connectivity index (χ4v) is 2.80. The fraction of sp³-hybridized carbons (Fsp3) is 1.00. The van der Waals surface area contributed by atoms with E-state index in [0.29, 0.717) is 0 Å². The van der Waals surface area contributed by atoms with Gasteiger partial charge >= 0.3 is 0 Å². The van der Waals surface area contributed by atoms with E-state index < -0.39 is 0 Å². The van der Waals surface area contributed by atoms with Gasteiger partial charge in [-0.25, -0.2) is 0 Å². The van der Waals surface area contributed by atoms with Gasteiger partial charge in [0.1, 0.15) is 0 Å². The lowest BCUT2D eigenvalue weighted by atomic mass is 10.1. The van der Waals surface area contributed by atoms with Crippen molar-refractivity contribution >= 4 is 0 Å². The summed E-state index contributed by atoms with van der Waals surface area (Å²) in [4.78, 5) is 5.26. The van der Waals surface area contributed by atoms with Gasteiger partial charge < -0.3 is 10.2 Å². The van der Waals surface area contributed by atoms with Crippen LogP contribution in [-0.2, 0) is 0 Å². The lowest BCUT2D eigenvalue weighted by Gasteiger charge is -2.42. The van der Waals surface area contributed by atoms with Crippen LogP contribution in [0.5, 0.6) is 0 Å². The van der Waals surface area contributed by atoms with Gasteiger partial charge in [0, 0.05) is 38.3 Å². The maximum absolute atomic E-state index is 3.46. The molecule has 2 atom stereocenters. The van der Waals surface area contributed by atoms with Crippen molar-refractivity contribution in [1.29, 1.82) is 0 Å². The van der Waals surface area contributed by atoms with Crippen LogP contribution in [0.25, 0.3) is 0 Å². The number of rotatable bonds is 2. The summed E-state index contributed by atoms with van der Waals surface area (Å²) in [5.74, 6) is 0. The van der Waals surface area contributed by atoms with Crippen LogP contribution in [0.1, 0.15) is 20.3 Å². The minimum absolute atomic E-state index is 0.744. The van der Waals surface area contributed by atoms with E-state index >= 15 is 0 Å². The second kappa shape index (κ2) is 4.60. The van der Waals surface area contributed by atoms with E-state index in [0.717, 1.165) is 12.1 Å². The van der Waals surface area contributed by atoms with Gasteiger partial charge in [-0.05, 0) is 26.4 Å². The molecule has 0 aliphatic carbocycles. The fourth-order valence-electron chi connectivity index (χ4n) is 2.80. The van der Waals surface area contributed by atoms with Crippen molar-refractivity contribution in [3.63, 3.8) is 0 Å². The molecule has 2 rings (SSSR count). The van der Waals surface area contributed by atoms with Crippen molar-refractivity contribution in [2.75, 3.05) is 39.3 Å². The third kappa shape index (κ3) is 2.10. The summed E-state index contributed by atoms with van der Waals surface area (Å²) in [6.07, 6.45) is 1.34. The zero-order valence-corrected chi connectivity index (χ0v) is 9.50. The molecule has 2 saturated heterocycles. The first-order chi connectivity index (χ1) is 6.81. The summed E-state index contributed by atoms with van der Waals surface area (Å²) in [5, 5.41) is 3.46. The summed E-state index contributed by atoms with van der Waals surface area (Å²) in [6.45, 7) is 12.0. The van der Waals surface area contributed by atoms with Gasteiger partial charge in [-0.1, -0.05) is 6.92 Å². The molecule has 0 radical (unpaired) electrons. The first kappa shape index (κ1) is 10.4. The Morgan fingerprint density at radius 1 is 1.36 bits per heavy atom. The molecular formula is C11H23N3. The minimum atomic E-state index is 0.744. The monoisotopic (exact) mass is 197 g/mol. The molecule has 14 heavy (non-hydrogen) atoms. The average Bonchev–Trinajstić information content (AvgIpc) is 2.70. The van der Waals surface area contributed by atoms with E-state index in [4.69, 9.17) is 0 Å². The molecule has 0 saturated carbocycles. The number of likely N-dealkylation sites (N-methyl/N-ethyl adjacent to an activating group) is 1. The molecule has 3 heteroatoms. The van der Waals surface area contributed by atoms with E-state index in [1.807, 2.05) is 0 Å². The highest BCUT2D eigenvalue weighted by atomic mass is 15.3. The second-order valence-corrected chi connectivity index (χ2v) is 4.63. The van der Waals surface area contributed by atoms with Crippen LogP contribution >= 0.6 is 0 Å². The Labute approximate surface area is 87.4 Å². The molecule has 0 aromatic carbocycles. The van der Waals surface area contributed by atoms with Crippen molar-refractivity contribution in [3.8, 4) is 0 Å². The van der Waals surface area contributed by atoms with Gasteiger partial charge in [0.25, 0.3) is 0 Å². The third-order valence-corrected chi connectivity index (χ3v) is 3.71. The molecule has 0 aromatic rings. The highest BCUT2D eigenvalue weighted by Crippen LogP contribution is 2.16. The summed E-state index contributed by atoms with van der Waals surface area (Å²) in [5.41, 5.74) is 0. The quantitative estimate of drug-likeness (QED) is 0.690. The highest BCUT2D eigenvalue weighted by molar-refractivity contribution is 4.88. The molecule has 2 fully saturated rings. The number of piperazine rings is 1. The number of nitrogens with zero attached hydrogens (tertiary/aromatic N) is 2. The molecule has 0 aromatic heterocycles. The Morgan fingerprint density at radius 2 is 2.21 bits per heavy atom. The number of nitrogens with one attached hydrogen (secondary N) is 1. The Balaban J connectivity index is 1.88. The molecule has 82 valence electrons. The maximum Gasteiger partial charge on any atom is 0.0236 e. The number of hydrogen-bond acceptors (Lipinski definition) is 3. The molecular weight excluding hydrogens is 174 g/mol. The van der Waals surface area contributed by atoms with Crippen LogP contribution in [0.4, 0.5) is 0 Å². The average molecular weight is 197 g/mol. The third-order valence-electron chi connectivity index (χ3n) is 3.71. The van der Waals surface area contributed by atoms with E-state index in [2.05, 4.69) is 29.0 Å². The van der Waals surface area contributed by atoms with E-state index in [9.17, 15) is 0 Å². The minimum Gasteiger partial charge on any atom is -0.315 e. The summed E-state index contributed by atoms with van der Waals surface area (Å²) >= 11 is 0. The summed E-state index contributed by atoms with van der Waals surface area (Å²) < 4.78 is 0. The number of hydrogen-bond donors (Lipinski definition) is 1. The van der Waals surface area contributed by atoms with E-state index in [1.54, 1.807) is 0 Å². The van der Waals surface area contributed by atoms with Gasteiger partial charge in [0.05, 0.1) is 0 Å². The van der Waals surface area contributed by atoms with Crippen LogP contribution in [0.15, 0.2) is 0 Å². The van der Waals surface area contributed by atoms with Gasteiger partial charge in [-0.15, -0.1) is 0 Å². The maximum atomic E-state index is 3.46. The van der Waals surface area contributed by atoms with Crippen molar-refractivity contribution in [1.82, 2.24) is 15.1 Å². The Kier molecular flexibility index (Phi) is 3.42. The highest BCUT2D eigenvalue weighted by Gasteiger charge is 2.30. The van der Waals surface area contributed by atoms with Crippen molar-refractivity contribution in [3.05, 3.63) is 0 Å². The molecule has 0 bridgehead atoms. The Bertz CT molecular complexity index is 177. The van der Waals surface area contributed by atoms with Gasteiger partial charge in [0.15, 0.2) is 0 Å². The zero-order valence-electron chi connectivity index (χ0n) is 9.50. The lowest BCUT2D eigenvalue weighted by molar-refractivity contribution is 0.0578. The van der Waals surface area contributed by atoms with E-state index in [-0.39, 0.29) is 0 Å². The van der Waals surface area contributed by atoms with Gasteiger partial charge in [-0.2, -0.15) is 0 Å². The van der Waals surface area contributed by atoms with Crippen molar-refractivity contribution in [2.45, 2.75) is 32.4 Å². The van der Waals surface area contributed by atoms with Crippen LogP contribution < -0.4 is 5.32 Å². The normalized spacial score (nSPS) is 36.4. The van der Waals surface area contributed by atoms with Crippen LogP contribution in [0.3, 0.4) is 0 Å². The first-order valence-corrected chi connectivity index (χ1v) is 6.00. The van der Waals surface area contributed by atoms with Gasteiger partial charge in [0.2, 0.25) is 0 Å². The zero-order chi connectivity index (χ0) is 9.97. The second-order valence-electron chi connectivity index (χ2n) is 4.63. The van der Waals surface area contributed by atoms with Crippen molar-refractivity contribution < 1.29 is 0 Å². The Hall–Kier alpha value is -0.120. The molecule has 2 unspecified atom stereocenters. The summed E-state index contributed by atoms with van der Waals surface area (Å²) in [6, 6.07) is 1.55. The van der Waals surface area contributed by atoms with Crippen LogP contribution in [0, 0.1) is 0 Å². The van der Waals surface area contributed by atoms with Gasteiger partial charge in [-0.3, -0.25) is 4.90 Å². The van der Waals surface area contributed by atoms with E-state index in [1.165, 1.54) is 45.7 Å². The van der Waals surface area contributed by atoms with Crippen LogP contribution in [-0.4, -0.2) is 61.2 Å². The SMILES string of the molecule is CCN1CCN(C2CCNC2)C(C)C1. The molecule has 2 aliphatic heterocycles. The van der Waals surface area contributed by atoms with Crippen molar-refractivity contribution in [2.24, 2.45) is 0 Å². The molecule has 3 nitrogen and oxygen atoms in total. The van der Waals surface area contributed by atoms with Crippen LogP contribution in [0.2, 0.25) is 0 Å². The standard InChI is InChI=1S/C11H23N3/c1-3-13-6-7-14(10(2)9-13)11-4-5-12-8-11/h10-12H,3-9H2,1-2H3.